The van der Waals surface area contributed by atoms with Crippen LogP contribution in [-0.4, -0.2) is 25.2 Å². The average Bonchev–Trinajstić information content (AvgIpc) is 2.87. The Kier molecular flexibility index (Phi) is 26.3. The molecule has 4 nitrogen and oxygen atoms in total. The number of hydrogen-bond donors (Lipinski definition) is 0. The van der Waals surface area contributed by atoms with Crippen molar-refractivity contribution in [3.05, 3.63) is 11.6 Å². The summed E-state index contributed by atoms with van der Waals surface area (Å²) in [4.78, 5) is 24.8. The summed E-state index contributed by atoms with van der Waals surface area (Å²) < 4.78 is 10.9. The topological polar surface area (TPSA) is 52.6 Å². The molecule has 0 aliphatic carbocycles. The lowest BCUT2D eigenvalue weighted by molar-refractivity contribution is -0.141. The highest BCUT2D eigenvalue weighted by Gasteiger charge is 2.13. The van der Waals surface area contributed by atoms with E-state index in [1.54, 1.807) is 0 Å². The van der Waals surface area contributed by atoms with Gasteiger partial charge in [-0.3, -0.25) is 0 Å². The van der Waals surface area contributed by atoms with Crippen LogP contribution < -0.4 is 0 Å². The van der Waals surface area contributed by atoms with E-state index in [-0.39, 0.29) is 5.97 Å². The van der Waals surface area contributed by atoms with Gasteiger partial charge in [0.25, 0.3) is 0 Å². The molecule has 0 aromatic rings. The van der Waals surface area contributed by atoms with Gasteiger partial charge in [-0.2, -0.15) is 0 Å². The molecule has 0 unspecified atom stereocenters. The molecule has 0 spiro atoms. The Labute approximate surface area is 237 Å². The van der Waals surface area contributed by atoms with Gasteiger partial charge in [-0.1, -0.05) is 144 Å². The van der Waals surface area contributed by atoms with Crippen molar-refractivity contribution in [1.82, 2.24) is 0 Å². The SMILES string of the molecule is CCCCC(=CC(=O)OCCCCCCCCCCC(C)C)C(=O)OCCCCCCCCCCC(C)C. The van der Waals surface area contributed by atoms with E-state index in [2.05, 4.69) is 34.6 Å². The van der Waals surface area contributed by atoms with Crippen LogP contribution in [0, 0.1) is 11.8 Å². The maximum absolute atomic E-state index is 12.5. The third-order valence-corrected chi connectivity index (χ3v) is 7.18. The minimum absolute atomic E-state index is 0.353. The molecule has 4 heteroatoms. The normalized spacial score (nSPS) is 11.9. The van der Waals surface area contributed by atoms with Crippen LogP contribution in [0.4, 0.5) is 0 Å². The van der Waals surface area contributed by atoms with Gasteiger partial charge in [-0.05, 0) is 37.5 Å². The first-order valence-electron chi connectivity index (χ1n) is 16.4. The number of unbranched alkanes of at least 4 members (excludes halogenated alkanes) is 15. The molecule has 0 bridgehead atoms. The highest BCUT2D eigenvalue weighted by molar-refractivity contribution is 5.96. The molecular weight excluding hydrogens is 472 g/mol. The molecule has 0 aromatic heterocycles. The first-order valence-corrected chi connectivity index (χ1v) is 16.4. The van der Waals surface area contributed by atoms with Gasteiger partial charge in [-0.15, -0.1) is 0 Å². The quantitative estimate of drug-likeness (QED) is 0.0595. The van der Waals surface area contributed by atoms with Gasteiger partial charge in [0.1, 0.15) is 0 Å². The van der Waals surface area contributed by atoms with Gasteiger partial charge < -0.3 is 9.47 Å². The van der Waals surface area contributed by atoms with E-state index in [4.69, 9.17) is 9.47 Å². The monoisotopic (exact) mass is 536 g/mol. The van der Waals surface area contributed by atoms with E-state index in [1.807, 2.05) is 0 Å². The second-order valence-electron chi connectivity index (χ2n) is 12.1. The van der Waals surface area contributed by atoms with Crippen molar-refractivity contribution in [2.75, 3.05) is 13.2 Å². The number of hydrogen-bond acceptors (Lipinski definition) is 4. The standard InChI is InChI=1S/C34H64O4/c1-6-7-26-32(34(36)38-28-23-19-15-11-9-13-17-21-25-31(4)5)29-33(35)37-27-22-18-14-10-8-12-16-20-24-30(2)3/h29-31H,6-28H2,1-5H3. The summed E-state index contributed by atoms with van der Waals surface area (Å²) in [5, 5.41) is 0. The van der Waals surface area contributed by atoms with Gasteiger partial charge in [0.15, 0.2) is 0 Å². The molecule has 0 atom stereocenters. The van der Waals surface area contributed by atoms with Crippen LogP contribution in [-0.2, 0) is 19.1 Å². The molecule has 0 amide bonds. The fourth-order valence-electron chi connectivity index (χ4n) is 4.65. The van der Waals surface area contributed by atoms with Crippen LogP contribution in [0.5, 0.6) is 0 Å². The second-order valence-corrected chi connectivity index (χ2v) is 12.1. The van der Waals surface area contributed by atoms with Crippen molar-refractivity contribution in [2.24, 2.45) is 11.8 Å². The number of carbonyl (C=O) groups is 2. The average molecular weight is 537 g/mol. The highest BCUT2D eigenvalue weighted by atomic mass is 16.5. The zero-order chi connectivity index (χ0) is 28.3. The van der Waals surface area contributed by atoms with Crippen molar-refractivity contribution in [2.45, 2.75) is 169 Å². The van der Waals surface area contributed by atoms with Crippen molar-refractivity contribution >= 4 is 11.9 Å². The van der Waals surface area contributed by atoms with E-state index in [0.29, 0.717) is 25.2 Å². The molecule has 224 valence electrons. The molecule has 0 heterocycles. The zero-order valence-electron chi connectivity index (χ0n) is 26.1. The molecule has 0 N–H and O–H groups in total. The third kappa shape index (κ3) is 26.3. The maximum Gasteiger partial charge on any atom is 0.334 e. The van der Waals surface area contributed by atoms with Crippen molar-refractivity contribution in [3.63, 3.8) is 0 Å². The summed E-state index contributed by atoms with van der Waals surface area (Å²) in [6.45, 7) is 12.1. The van der Waals surface area contributed by atoms with Gasteiger partial charge in [0.05, 0.1) is 13.2 Å². The summed E-state index contributed by atoms with van der Waals surface area (Å²) in [5.41, 5.74) is 0.454. The van der Waals surface area contributed by atoms with E-state index < -0.39 is 5.97 Å². The van der Waals surface area contributed by atoms with E-state index in [1.165, 1.54) is 96.0 Å². The Morgan fingerprint density at radius 3 is 1.37 bits per heavy atom. The molecule has 0 aromatic carbocycles. The van der Waals surface area contributed by atoms with Gasteiger partial charge >= 0.3 is 11.9 Å². The summed E-state index contributed by atoms with van der Waals surface area (Å²) in [7, 11) is 0. The first-order chi connectivity index (χ1) is 18.4. The Morgan fingerprint density at radius 1 is 0.553 bits per heavy atom. The molecule has 38 heavy (non-hydrogen) atoms. The molecule has 0 fully saturated rings. The van der Waals surface area contributed by atoms with Crippen LogP contribution in [0.25, 0.3) is 0 Å². The highest BCUT2D eigenvalue weighted by Crippen LogP contribution is 2.15. The predicted molar refractivity (Wildman–Crippen MR) is 162 cm³/mol. The number of rotatable bonds is 27. The van der Waals surface area contributed by atoms with E-state index >= 15 is 0 Å². The fourth-order valence-corrected chi connectivity index (χ4v) is 4.65. The Bertz CT molecular complexity index is 579. The van der Waals surface area contributed by atoms with Gasteiger partial charge in [0.2, 0.25) is 0 Å². The molecule has 0 saturated heterocycles. The van der Waals surface area contributed by atoms with E-state index in [0.717, 1.165) is 50.4 Å². The second kappa shape index (κ2) is 27.3. The van der Waals surface area contributed by atoms with Crippen molar-refractivity contribution in [3.8, 4) is 0 Å². The lowest BCUT2D eigenvalue weighted by Gasteiger charge is -2.09. The number of ether oxygens (including phenoxy) is 2. The molecule has 0 aliphatic heterocycles. The fraction of sp³-hybridized carbons (Fsp3) is 0.882. The Morgan fingerprint density at radius 2 is 0.947 bits per heavy atom. The predicted octanol–water partition coefficient (Wildman–Crippen LogP) is 10.5. The first kappa shape index (κ1) is 36.7. The smallest absolute Gasteiger partial charge is 0.334 e. The molecule has 0 radical (unpaired) electrons. The van der Waals surface area contributed by atoms with Crippen molar-refractivity contribution in [1.29, 1.82) is 0 Å². The number of esters is 2. The molecule has 0 aliphatic rings. The minimum atomic E-state index is -0.411. The van der Waals surface area contributed by atoms with Gasteiger partial charge in [0, 0.05) is 11.6 Å². The number of carbonyl (C=O) groups excluding carboxylic acids is 2. The minimum Gasteiger partial charge on any atom is -0.463 e. The van der Waals surface area contributed by atoms with Crippen LogP contribution >= 0.6 is 0 Å². The maximum atomic E-state index is 12.5. The lowest BCUT2D eigenvalue weighted by Crippen LogP contribution is -2.12. The molecule has 0 saturated carbocycles. The lowest BCUT2D eigenvalue weighted by atomic mass is 10.0. The van der Waals surface area contributed by atoms with Crippen LogP contribution in [0.2, 0.25) is 0 Å². The molecule has 0 rings (SSSR count). The van der Waals surface area contributed by atoms with Crippen LogP contribution in [0.3, 0.4) is 0 Å². The van der Waals surface area contributed by atoms with Crippen LogP contribution in [0.1, 0.15) is 169 Å². The van der Waals surface area contributed by atoms with Crippen molar-refractivity contribution < 1.29 is 19.1 Å². The Balaban J connectivity index is 3.94. The summed E-state index contributed by atoms with van der Waals surface area (Å²) >= 11 is 0. The van der Waals surface area contributed by atoms with Gasteiger partial charge in [-0.25, -0.2) is 9.59 Å². The molecular formula is C34H64O4. The summed E-state index contributed by atoms with van der Waals surface area (Å²) in [5.74, 6) is 0.875. The Hall–Kier alpha value is -1.32. The zero-order valence-corrected chi connectivity index (χ0v) is 26.1. The summed E-state index contributed by atoms with van der Waals surface area (Å²) in [6, 6.07) is 0. The third-order valence-electron chi connectivity index (χ3n) is 7.18. The summed E-state index contributed by atoms with van der Waals surface area (Å²) in [6.07, 6.45) is 26.0. The van der Waals surface area contributed by atoms with E-state index in [9.17, 15) is 9.59 Å². The largest absolute Gasteiger partial charge is 0.463 e. The van der Waals surface area contributed by atoms with Crippen LogP contribution in [0.15, 0.2) is 11.6 Å².